The van der Waals surface area contributed by atoms with Gasteiger partial charge in [-0.25, -0.2) is 0 Å². The van der Waals surface area contributed by atoms with Crippen LogP contribution in [0.4, 0.5) is 0 Å². The van der Waals surface area contributed by atoms with Crippen molar-refractivity contribution in [3.8, 4) is 0 Å². The van der Waals surface area contributed by atoms with Crippen molar-refractivity contribution in [3.63, 3.8) is 0 Å². The molecule has 0 aromatic carbocycles. The van der Waals surface area contributed by atoms with Crippen LogP contribution in [0, 0.1) is 0 Å². The Morgan fingerprint density at radius 1 is 1.52 bits per heavy atom. The van der Waals surface area contributed by atoms with Gasteiger partial charge in [0.1, 0.15) is 5.76 Å². The van der Waals surface area contributed by atoms with Crippen LogP contribution in [0.5, 0.6) is 0 Å². The average Bonchev–Trinajstić information content (AvgIpc) is 3.12. The molecule has 0 aliphatic heterocycles. The summed E-state index contributed by atoms with van der Waals surface area (Å²) in [5.74, 6) is 1.02. The van der Waals surface area contributed by atoms with Gasteiger partial charge < -0.3 is 20.8 Å². The molecule has 1 amide bonds. The molecule has 7 heteroatoms. The molecule has 6 nitrogen and oxygen atoms in total. The second kappa shape index (κ2) is 7.40. The molecule has 0 radical (unpaired) electrons. The van der Waals surface area contributed by atoms with Gasteiger partial charge in [-0.05, 0) is 37.7 Å². The van der Waals surface area contributed by atoms with Crippen LogP contribution in [-0.4, -0.2) is 36.5 Å². The monoisotopic (exact) mass is 310 g/mol. The Labute approximate surface area is 128 Å². The number of thioether (sulfide) groups is 1. The number of furan rings is 1. The summed E-state index contributed by atoms with van der Waals surface area (Å²) < 4.78 is 5.32. The van der Waals surface area contributed by atoms with E-state index in [0.29, 0.717) is 18.3 Å². The molecule has 21 heavy (non-hydrogen) atoms. The number of hydrogen-bond donors (Lipinski definition) is 3. The number of guanidine groups is 1. The van der Waals surface area contributed by atoms with Crippen molar-refractivity contribution in [2.45, 2.75) is 37.1 Å². The van der Waals surface area contributed by atoms with E-state index in [-0.39, 0.29) is 5.76 Å². The molecule has 1 aromatic rings. The van der Waals surface area contributed by atoms with Crippen molar-refractivity contribution in [1.29, 1.82) is 0 Å². The highest BCUT2D eigenvalue weighted by atomic mass is 32.2. The number of primary amides is 1. The minimum absolute atomic E-state index is 0.174. The van der Waals surface area contributed by atoms with Crippen molar-refractivity contribution in [2.24, 2.45) is 10.7 Å². The number of nitrogens with one attached hydrogen (secondary N) is 2. The molecule has 1 aromatic heterocycles. The zero-order chi connectivity index (χ0) is 15.2. The van der Waals surface area contributed by atoms with E-state index in [1.165, 1.54) is 12.8 Å². The molecule has 0 bridgehead atoms. The van der Waals surface area contributed by atoms with Crippen molar-refractivity contribution in [3.05, 3.63) is 23.7 Å². The van der Waals surface area contributed by atoms with E-state index in [1.54, 1.807) is 19.2 Å². The smallest absolute Gasteiger partial charge is 0.284 e. The SMILES string of the molecule is CN=C(NCc1ccc(C(N)=O)o1)NC1CCC(SC)C1. The number of rotatable bonds is 5. The summed E-state index contributed by atoms with van der Waals surface area (Å²) in [5, 5.41) is 7.35. The van der Waals surface area contributed by atoms with E-state index in [0.717, 1.165) is 17.6 Å². The van der Waals surface area contributed by atoms with Gasteiger partial charge in [0.15, 0.2) is 11.7 Å². The lowest BCUT2D eigenvalue weighted by molar-refractivity contribution is 0.0972. The van der Waals surface area contributed by atoms with Gasteiger partial charge in [0, 0.05) is 18.3 Å². The second-order valence-corrected chi connectivity index (χ2v) is 6.21. The van der Waals surface area contributed by atoms with Crippen LogP contribution < -0.4 is 16.4 Å². The van der Waals surface area contributed by atoms with E-state index < -0.39 is 5.91 Å². The van der Waals surface area contributed by atoms with Crippen molar-refractivity contribution in [2.75, 3.05) is 13.3 Å². The lowest BCUT2D eigenvalue weighted by atomic mass is 10.2. The van der Waals surface area contributed by atoms with Gasteiger partial charge in [-0.3, -0.25) is 9.79 Å². The van der Waals surface area contributed by atoms with E-state index in [2.05, 4.69) is 21.9 Å². The first-order valence-corrected chi connectivity index (χ1v) is 8.29. The molecule has 4 N–H and O–H groups in total. The lowest BCUT2D eigenvalue weighted by Gasteiger charge is -2.16. The number of amides is 1. The maximum absolute atomic E-state index is 11.0. The Balaban J connectivity index is 1.81. The maximum Gasteiger partial charge on any atom is 0.284 e. The van der Waals surface area contributed by atoms with Gasteiger partial charge in [-0.2, -0.15) is 11.8 Å². The molecular weight excluding hydrogens is 288 g/mol. The average molecular weight is 310 g/mol. The molecule has 0 saturated heterocycles. The normalized spacial score (nSPS) is 22.3. The zero-order valence-corrected chi connectivity index (χ0v) is 13.2. The number of hydrogen-bond acceptors (Lipinski definition) is 4. The number of aliphatic imine (C=N–C) groups is 1. The molecule has 1 heterocycles. The summed E-state index contributed by atoms with van der Waals surface area (Å²) in [4.78, 5) is 15.2. The molecule has 1 fully saturated rings. The van der Waals surface area contributed by atoms with Gasteiger partial charge in [0.05, 0.1) is 6.54 Å². The van der Waals surface area contributed by atoms with Crippen LogP contribution in [0.1, 0.15) is 35.6 Å². The first kappa shape index (κ1) is 15.8. The van der Waals surface area contributed by atoms with Gasteiger partial charge in [-0.1, -0.05) is 0 Å². The maximum atomic E-state index is 11.0. The molecule has 1 saturated carbocycles. The first-order chi connectivity index (χ1) is 10.1. The highest BCUT2D eigenvalue weighted by Gasteiger charge is 2.24. The first-order valence-electron chi connectivity index (χ1n) is 7.01. The van der Waals surface area contributed by atoms with E-state index in [9.17, 15) is 4.79 Å². The fourth-order valence-electron chi connectivity index (χ4n) is 2.45. The van der Waals surface area contributed by atoms with Crippen molar-refractivity contribution < 1.29 is 9.21 Å². The van der Waals surface area contributed by atoms with Crippen LogP contribution >= 0.6 is 11.8 Å². The molecule has 2 rings (SSSR count). The van der Waals surface area contributed by atoms with E-state index in [4.69, 9.17) is 10.2 Å². The summed E-state index contributed by atoms with van der Waals surface area (Å²) in [6.45, 7) is 0.464. The largest absolute Gasteiger partial charge is 0.454 e. The Bertz CT molecular complexity index is 515. The van der Waals surface area contributed by atoms with Crippen LogP contribution in [-0.2, 0) is 6.54 Å². The lowest BCUT2D eigenvalue weighted by Crippen LogP contribution is -2.42. The highest BCUT2D eigenvalue weighted by molar-refractivity contribution is 7.99. The Morgan fingerprint density at radius 3 is 2.90 bits per heavy atom. The quantitative estimate of drug-likeness (QED) is 0.563. The second-order valence-electron chi connectivity index (χ2n) is 5.07. The Morgan fingerprint density at radius 2 is 2.33 bits per heavy atom. The number of nitrogens with zero attached hydrogens (tertiary/aromatic N) is 1. The fraction of sp³-hybridized carbons (Fsp3) is 0.571. The summed E-state index contributed by atoms with van der Waals surface area (Å²) in [6, 6.07) is 3.78. The van der Waals surface area contributed by atoms with Gasteiger partial charge in [0.2, 0.25) is 0 Å². The summed E-state index contributed by atoms with van der Waals surface area (Å²) >= 11 is 1.93. The minimum atomic E-state index is -0.558. The Kier molecular flexibility index (Phi) is 5.55. The van der Waals surface area contributed by atoms with Gasteiger partial charge >= 0.3 is 0 Å². The third-order valence-corrected chi connectivity index (χ3v) is 4.71. The molecule has 1 aliphatic carbocycles. The topological polar surface area (TPSA) is 92.6 Å². The van der Waals surface area contributed by atoms with Crippen LogP contribution in [0.3, 0.4) is 0 Å². The standard InChI is InChI=1S/C14H22N4O2S/c1-16-14(18-9-3-5-11(7-9)21-2)17-8-10-4-6-12(20-10)13(15)19/h4,6,9,11H,3,5,7-8H2,1-2H3,(H2,15,19)(H2,16,17,18). The molecule has 1 aliphatic rings. The predicted molar refractivity (Wildman–Crippen MR) is 85.5 cm³/mol. The summed E-state index contributed by atoms with van der Waals surface area (Å²) in [5.41, 5.74) is 5.15. The van der Waals surface area contributed by atoms with E-state index in [1.807, 2.05) is 11.8 Å². The molecule has 116 valence electrons. The number of carbonyl (C=O) groups is 1. The van der Waals surface area contributed by atoms with Crippen LogP contribution in [0.2, 0.25) is 0 Å². The summed E-state index contributed by atoms with van der Waals surface area (Å²) in [6.07, 6.45) is 5.73. The van der Waals surface area contributed by atoms with E-state index >= 15 is 0 Å². The van der Waals surface area contributed by atoms with Crippen LogP contribution in [0.25, 0.3) is 0 Å². The zero-order valence-electron chi connectivity index (χ0n) is 12.4. The van der Waals surface area contributed by atoms with Crippen LogP contribution in [0.15, 0.2) is 21.5 Å². The van der Waals surface area contributed by atoms with Crippen molar-refractivity contribution >= 4 is 23.6 Å². The molecular formula is C14H22N4O2S. The van der Waals surface area contributed by atoms with Gasteiger partial charge in [0.25, 0.3) is 5.91 Å². The summed E-state index contributed by atoms with van der Waals surface area (Å²) in [7, 11) is 1.74. The third-order valence-electron chi connectivity index (χ3n) is 3.62. The highest BCUT2D eigenvalue weighted by Crippen LogP contribution is 2.27. The predicted octanol–water partition coefficient (Wildman–Crippen LogP) is 1.33. The molecule has 2 unspecified atom stereocenters. The molecule has 0 spiro atoms. The number of nitrogens with two attached hydrogens (primary N) is 1. The molecule has 2 atom stereocenters. The number of carbonyl (C=O) groups excluding carboxylic acids is 1. The van der Waals surface area contributed by atoms with Gasteiger partial charge in [-0.15, -0.1) is 0 Å². The third kappa shape index (κ3) is 4.42. The minimum Gasteiger partial charge on any atom is -0.454 e. The fourth-order valence-corrected chi connectivity index (χ4v) is 3.25. The van der Waals surface area contributed by atoms with Crippen molar-refractivity contribution in [1.82, 2.24) is 10.6 Å². The Hall–Kier alpha value is -1.63.